The second-order valence-electron chi connectivity index (χ2n) is 2.82. The summed E-state index contributed by atoms with van der Waals surface area (Å²) >= 11 is 6.80. The van der Waals surface area contributed by atoms with Crippen LogP contribution >= 0.6 is 35.3 Å². The number of thioether (sulfide) groups is 1. The minimum absolute atomic E-state index is 0.529. The number of alkyl halides is 2. The van der Waals surface area contributed by atoms with Crippen LogP contribution in [0.2, 0.25) is 0 Å². The number of aromatic nitrogens is 2. The Morgan fingerprint density at radius 3 is 2.50 bits per heavy atom. The van der Waals surface area contributed by atoms with Crippen molar-refractivity contribution < 1.29 is 8.78 Å². The molecule has 0 saturated heterocycles. The average molecular weight is 276 g/mol. The Morgan fingerprint density at radius 2 is 2.00 bits per heavy atom. The van der Waals surface area contributed by atoms with E-state index in [2.05, 4.69) is 10.2 Å². The van der Waals surface area contributed by atoms with Gasteiger partial charge in [-0.3, -0.25) is 5.10 Å². The van der Waals surface area contributed by atoms with E-state index in [0.717, 1.165) is 10.6 Å². The molecule has 0 spiro atoms. The molecular weight excluding hydrogens is 270 g/mol. The highest BCUT2D eigenvalue weighted by atomic mass is 32.2. The van der Waals surface area contributed by atoms with E-state index in [1.165, 1.54) is 11.3 Å². The molecular formula is C9H6F2N2S3. The Kier molecular flexibility index (Phi) is 3.67. The summed E-state index contributed by atoms with van der Waals surface area (Å²) in [5, 5.41) is 7.45. The van der Waals surface area contributed by atoms with Gasteiger partial charge >= 0.3 is 0 Å². The van der Waals surface area contributed by atoms with Crippen LogP contribution in [0.15, 0.2) is 29.2 Å². The molecule has 2 rings (SSSR count). The van der Waals surface area contributed by atoms with Crippen molar-refractivity contribution in [2.24, 2.45) is 0 Å². The van der Waals surface area contributed by atoms with Crippen molar-refractivity contribution in [3.8, 4) is 10.6 Å². The molecule has 0 saturated carbocycles. The van der Waals surface area contributed by atoms with Crippen LogP contribution in [-0.2, 0) is 0 Å². The first-order valence-electron chi connectivity index (χ1n) is 4.26. The van der Waals surface area contributed by atoms with Crippen LogP contribution in [0.3, 0.4) is 0 Å². The quantitative estimate of drug-likeness (QED) is 0.673. The third-order valence-corrected chi connectivity index (χ3v) is 3.63. The van der Waals surface area contributed by atoms with E-state index in [4.69, 9.17) is 12.2 Å². The maximum Gasteiger partial charge on any atom is 0.288 e. The predicted octanol–water partition coefficient (Wildman–Crippen LogP) is 4.18. The summed E-state index contributed by atoms with van der Waals surface area (Å²) in [6.45, 7) is 0. The smallest absolute Gasteiger partial charge is 0.258 e. The third-order valence-electron chi connectivity index (χ3n) is 1.76. The van der Waals surface area contributed by atoms with Gasteiger partial charge < -0.3 is 0 Å². The topological polar surface area (TPSA) is 28.7 Å². The van der Waals surface area contributed by atoms with Crippen LogP contribution in [0.5, 0.6) is 0 Å². The first kappa shape index (κ1) is 11.7. The van der Waals surface area contributed by atoms with Gasteiger partial charge in [0.2, 0.25) is 0 Å². The number of aromatic amines is 1. The summed E-state index contributed by atoms with van der Waals surface area (Å²) < 4.78 is 24.8. The summed E-state index contributed by atoms with van der Waals surface area (Å²) in [7, 11) is 0. The van der Waals surface area contributed by atoms with Gasteiger partial charge in [0.25, 0.3) is 5.76 Å². The number of hydrogen-bond donors (Lipinski definition) is 1. The summed E-state index contributed by atoms with van der Waals surface area (Å²) in [5.41, 5.74) is 0.871. The van der Waals surface area contributed by atoms with E-state index in [-0.39, 0.29) is 0 Å². The van der Waals surface area contributed by atoms with Gasteiger partial charge in [-0.15, -0.1) is 0 Å². The zero-order valence-electron chi connectivity index (χ0n) is 7.81. The zero-order valence-corrected chi connectivity index (χ0v) is 10.3. The van der Waals surface area contributed by atoms with E-state index >= 15 is 0 Å². The molecule has 1 heterocycles. The molecule has 0 bridgehead atoms. The molecule has 0 atom stereocenters. The summed E-state index contributed by atoms with van der Waals surface area (Å²) in [6.07, 6.45) is 0. The number of halogens is 2. The zero-order chi connectivity index (χ0) is 11.5. The SMILES string of the molecule is FC(F)Sc1ccc(-c2n[nH]c(=S)s2)cc1. The Bertz CT molecular complexity index is 518. The molecule has 16 heavy (non-hydrogen) atoms. The van der Waals surface area contributed by atoms with Crippen molar-refractivity contribution in [2.75, 3.05) is 0 Å². The molecule has 0 fully saturated rings. The molecule has 2 nitrogen and oxygen atoms in total. The van der Waals surface area contributed by atoms with Crippen molar-refractivity contribution in [1.29, 1.82) is 0 Å². The van der Waals surface area contributed by atoms with Gasteiger partial charge in [-0.2, -0.15) is 13.9 Å². The van der Waals surface area contributed by atoms with Gasteiger partial charge in [-0.1, -0.05) is 35.2 Å². The molecule has 2 aromatic rings. The molecule has 1 aromatic heterocycles. The van der Waals surface area contributed by atoms with Gasteiger partial charge in [0, 0.05) is 10.5 Å². The minimum Gasteiger partial charge on any atom is -0.258 e. The summed E-state index contributed by atoms with van der Waals surface area (Å²) in [6, 6.07) is 6.81. The molecule has 0 unspecified atom stereocenters. The van der Waals surface area contributed by atoms with Crippen molar-refractivity contribution in [3.63, 3.8) is 0 Å². The van der Waals surface area contributed by atoms with Gasteiger partial charge in [0.05, 0.1) is 0 Å². The second-order valence-corrected chi connectivity index (χ2v) is 5.55. The molecule has 0 radical (unpaired) electrons. The minimum atomic E-state index is -2.39. The number of nitrogens with one attached hydrogen (secondary N) is 1. The Hall–Kier alpha value is -0.790. The molecule has 84 valence electrons. The largest absolute Gasteiger partial charge is 0.288 e. The van der Waals surface area contributed by atoms with E-state index < -0.39 is 5.76 Å². The lowest BCUT2D eigenvalue weighted by atomic mass is 10.2. The van der Waals surface area contributed by atoms with E-state index in [9.17, 15) is 8.78 Å². The molecule has 7 heteroatoms. The highest BCUT2D eigenvalue weighted by molar-refractivity contribution is 7.99. The molecule has 1 N–H and O–H groups in total. The highest BCUT2D eigenvalue weighted by Gasteiger charge is 2.06. The fourth-order valence-corrected chi connectivity index (χ4v) is 2.53. The van der Waals surface area contributed by atoms with Gasteiger partial charge in [-0.25, -0.2) is 0 Å². The monoisotopic (exact) mass is 276 g/mol. The predicted molar refractivity (Wildman–Crippen MR) is 64.6 cm³/mol. The van der Waals surface area contributed by atoms with Crippen LogP contribution < -0.4 is 0 Å². The lowest BCUT2D eigenvalue weighted by Gasteiger charge is -2.00. The Balaban J connectivity index is 2.22. The molecule has 0 amide bonds. The van der Waals surface area contributed by atoms with Crippen molar-refractivity contribution >= 4 is 35.3 Å². The van der Waals surface area contributed by atoms with Crippen LogP contribution in [-0.4, -0.2) is 16.0 Å². The van der Waals surface area contributed by atoms with Crippen LogP contribution in [0.25, 0.3) is 10.6 Å². The standard InChI is InChI=1S/C9H6F2N2S3/c10-8(11)15-6-3-1-5(2-4-6)7-12-13-9(14)16-7/h1-4,8H,(H,13,14). The molecule has 0 aliphatic carbocycles. The maximum absolute atomic E-state index is 12.1. The lowest BCUT2D eigenvalue weighted by Crippen LogP contribution is -1.82. The summed E-state index contributed by atoms with van der Waals surface area (Å²) in [5.74, 6) is -2.39. The first-order valence-corrected chi connectivity index (χ1v) is 6.36. The number of hydrogen-bond acceptors (Lipinski definition) is 4. The van der Waals surface area contributed by atoms with Crippen LogP contribution in [0.1, 0.15) is 0 Å². The first-order chi connectivity index (χ1) is 7.65. The van der Waals surface area contributed by atoms with E-state index in [1.54, 1.807) is 24.3 Å². The Labute approximate surface area is 104 Å². The van der Waals surface area contributed by atoms with Gasteiger partial charge in [-0.05, 0) is 24.4 Å². The number of H-pyrrole nitrogens is 1. The average Bonchev–Trinajstić information content (AvgIpc) is 2.65. The number of rotatable bonds is 3. The van der Waals surface area contributed by atoms with Gasteiger partial charge in [0.1, 0.15) is 5.01 Å². The maximum atomic E-state index is 12.1. The highest BCUT2D eigenvalue weighted by Crippen LogP contribution is 2.28. The number of benzene rings is 1. The van der Waals surface area contributed by atoms with E-state index in [1.807, 2.05) is 0 Å². The third kappa shape index (κ3) is 2.87. The van der Waals surface area contributed by atoms with Crippen LogP contribution in [0, 0.1) is 3.95 Å². The molecule has 0 aliphatic heterocycles. The molecule has 1 aromatic carbocycles. The van der Waals surface area contributed by atoms with Crippen molar-refractivity contribution in [1.82, 2.24) is 10.2 Å². The van der Waals surface area contributed by atoms with E-state index in [0.29, 0.717) is 20.6 Å². The fraction of sp³-hybridized carbons (Fsp3) is 0.111. The number of nitrogens with zero attached hydrogens (tertiary/aromatic N) is 1. The van der Waals surface area contributed by atoms with Crippen LogP contribution in [0.4, 0.5) is 8.78 Å². The van der Waals surface area contributed by atoms with Crippen molar-refractivity contribution in [3.05, 3.63) is 28.2 Å². The second kappa shape index (κ2) is 5.03. The normalized spacial score (nSPS) is 10.9. The Morgan fingerprint density at radius 1 is 1.31 bits per heavy atom. The van der Waals surface area contributed by atoms with Gasteiger partial charge in [0.15, 0.2) is 3.95 Å². The lowest BCUT2D eigenvalue weighted by molar-refractivity contribution is 0.252. The molecule has 0 aliphatic rings. The summed E-state index contributed by atoms with van der Waals surface area (Å²) in [4.78, 5) is 0.540. The van der Waals surface area contributed by atoms with Crippen molar-refractivity contribution in [2.45, 2.75) is 10.7 Å². The fourth-order valence-electron chi connectivity index (χ4n) is 1.13.